The van der Waals surface area contributed by atoms with Crippen molar-refractivity contribution in [2.75, 3.05) is 13.1 Å². The number of furan rings is 1. The molecule has 2 N–H and O–H groups in total. The van der Waals surface area contributed by atoms with Crippen LogP contribution in [0, 0.1) is 5.92 Å². The van der Waals surface area contributed by atoms with Crippen LogP contribution in [0.2, 0.25) is 0 Å². The molecule has 4 rings (SSSR count). The van der Waals surface area contributed by atoms with E-state index < -0.39 is 11.6 Å². The van der Waals surface area contributed by atoms with Crippen LogP contribution in [0.3, 0.4) is 0 Å². The highest BCUT2D eigenvalue weighted by molar-refractivity contribution is 6.07. The van der Waals surface area contributed by atoms with Crippen molar-refractivity contribution in [1.29, 1.82) is 0 Å². The van der Waals surface area contributed by atoms with Crippen LogP contribution in [-0.2, 0) is 9.59 Å². The zero-order valence-corrected chi connectivity index (χ0v) is 12.0. The lowest BCUT2D eigenvalue weighted by atomic mass is 9.87. The van der Waals surface area contributed by atoms with E-state index in [0.29, 0.717) is 25.9 Å². The Morgan fingerprint density at radius 2 is 2.09 bits per heavy atom. The Balaban J connectivity index is 1.37. The lowest BCUT2D eigenvalue weighted by molar-refractivity contribution is -0.137. The summed E-state index contributed by atoms with van der Waals surface area (Å²) in [5.41, 5.74) is -0.822. The van der Waals surface area contributed by atoms with Gasteiger partial charge in [-0.3, -0.25) is 14.9 Å². The molecule has 7 heteroatoms. The van der Waals surface area contributed by atoms with Crippen LogP contribution in [0.4, 0.5) is 4.79 Å². The van der Waals surface area contributed by atoms with Crippen molar-refractivity contribution in [3.05, 3.63) is 24.2 Å². The Morgan fingerprint density at radius 1 is 1.32 bits per heavy atom. The minimum absolute atomic E-state index is 0.00723. The molecule has 2 atom stereocenters. The summed E-state index contributed by atoms with van der Waals surface area (Å²) in [6, 6.07) is 3.30. The molecule has 4 amide bonds. The maximum atomic E-state index is 12.5. The molecule has 3 heterocycles. The molecule has 3 fully saturated rings. The van der Waals surface area contributed by atoms with Crippen LogP contribution in [0.1, 0.15) is 30.9 Å². The van der Waals surface area contributed by atoms with E-state index >= 15 is 0 Å². The van der Waals surface area contributed by atoms with Gasteiger partial charge >= 0.3 is 6.03 Å². The summed E-state index contributed by atoms with van der Waals surface area (Å²) in [5, 5.41) is 4.98. The molecular weight excluding hydrogens is 286 g/mol. The maximum Gasteiger partial charge on any atom is 0.322 e. The molecule has 116 valence electrons. The van der Waals surface area contributed by atoms with Crippen molar-refractivity contribution in [3.63, 3.8) is 0 Å². The summed E-state index contributed by atoms with van der Waals surface area (Å²) < 4.78 is 5.36. The van der Waals surface area contributed by atoms with Gasteiger partial charge in [0.1, 0.15) is 11.3 Å². The van der Waals surface area contributed by atoms with Crippen LogP contribution in [0.15, 0.2) is 22.8 Å². The predicted molar refractivity (Wildman–Crippen MR) is 74.8 cm³/mol. The number of hydrogen-bond acceptors (Lipinski definition) is 4. The molecule has 3 aliphatic rings. The zero-order valence-electron chi connectivity index (χ0n) is 12.0. The van der Waals surface area contributed by atoms with E-state index in [1.165, 1.54) is 0 Å². The summed E-state index contributed by atoms with van der Waals surface area (Å²) in [7, 11) is 0. The van der Waals surface area contributed by atoms with E-state index in [2.05, 4.69) is 10.6 Å². The number of nitrogens with one attached hydrogen (secondary N) is 2. The Kier molecular flexibility index (Phi) is 2.79. The van der Waals surface area contributed by atoms with Crippen LogP contribution in [0.5, 0.6) is 0 Å². The number of carbonyl (C=O) groups excluding carboxylic acids is 3. The Hall–Kier alpha value is -2.31. The van der Waals surface area contributed by atoms with Crippen LogP contribution < -0.4 is 10.6 Å². The van der Waals surface area contributed by atoms with Crippen molar-refractivity contribution >= 4 is 17.8 Å². The predicted octanol–water partition coefficient (Wildman–Crippen LogP) is 0.584. The minimum Gasteiger partial charge on any atom is -0.469 e. The van der Waals surface area contributed by atoms with Crippen molar-refractivity contribution in [2.24, 2.45) is 5.92 Å². The van der Waals surface area contributed by atoms with Crippen molar-refractivity contribution in [1.82, 2.24) is 15.5 Å². The molecule has 1 spiro atoms. The van der Waals surface area contributed by atoms with Gasteiger partial charge in [0.15, 0.2) is 0 Å². The van der Waals surface area contributed by atoms with Crippen LogP contribution in [-0.4, -0.2) is 41.4 Å². The number of rotatable bonds is 2. The first-order valence-corrected chi connectivity index (χ1v) is 7.55. The standard InChI is InChI=1S/C15H17N3O4/c19-12(10-8-9(10)11-2-1-7-22-11)18-5-3-15(4-6-18)13(20)16-14(21)17-15/h1-2,7,9-10H,3-6,8H2,(H2,16,17,20,21)/t9-,10-/m1/s1. The van der Waals surface area contributed by atoms with Gasteiger partial charge in [-0.15, -0.1) is 0 Å². The summed E-state index contributed by atoms with van der Waals surface area (Å²) in [4.78, 5) is 37.5. The zero-order chi connectivity index (χ0) is 15.3. The first kappa shape index (κ1) is 13.4. The second-order valence-electron chi connectivity index (χ2n) is 6.28. The minimum atomic E-state index is -0.822. The third kappa shape index (κ3) is 2.00. The number of likely N-dealkylation sites (tertiary alicyclic amines) is 1. The molecule has 1 saturated carbocycles. The number of amides is 4. The van der Waals surface area contributed by atoms with Gasteiger partial charge in [0.2, 0.25) is 5.91 Å². The van der Waals surface area contributed by atoms with E-state index in [9.17, 15) is 14.4 Å². The fourth-order valence-corrected chi connectivity index (χ4v) is 3.51. The number of imide groups is 1. The summed E-state index contributed by atoms with van der Waals surface area (Å²) >= 11 is 0. The molecule has 1 aromatic heterocycles. The SMILES string of the molecule is O=C1NC(=O)C2(CCN(C(=O)[C@@H]3C[C@H]3c3ccco3)CC2)N1. The smallest absolute Gasteiger partial charge is 0.322 e. The van der Waals surface area contributed by atoms with E-state index in [-0.39, 0.29) is 23.7 Å². The van der Waals surface area contributed by atoms with Gasteiger partial charge < -0.3 is 14.6 Å². The average Bonchev–Trinajstić information content (AvgIpc) is 3.01. The van der Waals surface area contributed by atoms with Crippen molar-refractivity contribution in [2.45, 2.75) is 30.7 Å². The highest BCUT2D eigenvalue weighted by Gasteiger charge is 2.51. The van der Waals surface area contributed by atoms with Gasteiger partial charge in [-0.05, 0) is 31.4 Å². The summed E-state index contributed by atoms with van der Waals surface area (Å²) in [6.07, 6.45) is 3.38. The summed E-state index contributed by atoms with van der Waals surface area (Å²) in [6.45, 7) is 0.988. The highest BCUT2D eigenvalue weighted by atomic mass is 16.3. The van der Waals surface area contributed by atoms with E-state index in [4.69, 9.17) is 4.42 Å². The van der Waals surface area contributed by atoms with Gasteiger partial charge in [0, 0.05) is 24.9 Å². The molecule has 1 aromatic rings. The normalized spacial score (nSPS) is 29.4. The molecule has 0 bridgehead atoms. The lowest BCUT2D eigenvalue weighted by Gasteiger charge is -2.37. The van der Waals surface area contributed by atoms with Crippen molar-refractivity contribution < 1.29 is 18.8 Å². The molecular formula is C15H17N3O4. The number of nitrogens with zero attached hydrogens (tertiary/aromatic N) is 1. The van der Waals surface area contributed by atoms with Gasteiger partial charge in [-0.25, -0.2) is 4.79 Å². The molecule has 0 radical (unpaired) electrons. The molecule has 0 aromatic carbocycles. The second-order valence-corrected chi connectivity index (χ2v) is 6.28. The molecule has 7 nitrogen and oxygen atoms in total. The Labute approximate surface area is 127 Å². The molecule has 2 aliphatic heterocycles. The van der Waals surface area contributed by atoms with Gasteiger partial charge in [-0.1, -0.05) is 0 Å². The Bertz CT molecular complexity index is 631. The topological polar surface area (TPSA) is 91.7 Å². The number of carbonyl (C=O) groups is 3. The number of hydrogen-bond donors (Lipinski definition) is 2. The monoisotopic (exact) mass is 303 g/mol. The van der Waals surface area contributed by atoms with Crippen molar-refractivity contribution in [3.8, 4) is 0 Å². The van der Waals surface area contributed by atoms with E-state index in [1.807, 2.05) is 12.1 Å². The van der Waals surface area contributed by atoms with Gasteiger partial charge in [0.05, 0.1) is 6.26 Å². The van der Waals surface area contributed by atoms with Gasteiger partial charge in [-0.2, -0.15) is 0 Å². The third-order valence-corrected chi connectivity index (χ3v) is 4.96. The first-order valence-electron chi connectivity index (χ1n) is 7.55. The average molecular weight is 303 g/mol. The van der Waals surface area contributed by atoms with E-state index in [1.54, 1.807) is 11.2 Å². The molecule has 1 aliphatic carbocycles. The highest BCUT2D eigenvalue weighted by Crippen LogP contribution is 2.49. The molecule has 2 saturated heterocycles. The maximum absolute atomic E-state index is 12.5. The van der Waals surface area contributed by atoms with Crippen LogP contribution >= 0.6 is 0 Å². The number of piperidine rings is 1. The lowest BCUT2D eigenvalue weighted by Crippen LogP contribution is -2.56. The summed E-state index contributed by atoms with van der Waals surface area (Å²) in [5.74, 6) is 0.903. The second kappa shape index (κ2) is 4.59. The van der Waals surface area contributed by atoms with E-state index in [0.717, 1.165) is 12.2 Å². The Morgan fingerprint density at radius 3 is 2.68 bits per heavy atom. The third-order valence-electron chi connectivity index (χ3n) is 4.96. The van der Waals surface area contributed by atoms with Crippen LogP contribution in [0.25, 0.3) is 0 Å². The molecule has 0 unspecified atom stereocenters. The quantitative estimate of drug-likeness (QED) is 0.782. The largest absolute Gasteiger partial charge is 0.469 e. The number of urea groups is 1. The fraction of sp³-hybridized carbons (Fsp3) is 0.533. The molecule has 22 heavy (non-hydrogen) atoms. The fourth-order valence-electron chi connectivity index (χ4n) is 3.51. The first-order chi connectivity index (χ1) is 10.6. The van der Waals surface area contributed by atoms with Gasteiger partial charge in [0.25, 0.3) is 5.91 Å².